The number of hydrogen-bond donors (Lipinski definition) is 1. The Morgan fingerprint density at radius 3 is 2.47 bits per heavy atom. The average Bonchev–Trinajstić information content (AvgIpc) is 3.12. The number of aryl methyl sites for hydroxylation is 3. The molecule has 0 amide bonds. The van der Waals surface area contributed by atoms with Gasteiger partial charge in [-0.1, -0.05) is 30.3 Å². The fraction of sp³-hybridized carbons (Fsp3) is 0.103. The lowest BCUT2D eigenvalue weighted by Crippen LogP contribution is -2.00. The molecule has 0 unspecified atom stereocenters. The Morgan fingerprint density at radius 1 is 0.765 bits per heavy atom. The molecule has 6 rings (SSSR count). The first kappa shape index (κ1) is 20.2. The summed E-state index contributed by atoms with van der Waals surface area (Å²) in [5.41, 5.74) is 5.78. The van der Waals surface area contributed by atoms with Crippen LogP contribution in [-0.4, -0.2) is 19.6 Å². The Bertz CT molecular complexity index is 1710. The van der Waals surface area contributed by atoms with E-state index in [2.05, 4.69) is 65.0 Å². The Balaban J connectivity index is 1.57. The summed E-state index contributed by atoms with van der Waals surface area (Å²) in [6.45, 7) is 6.14. The first-order valence-corrected chi connectivity index (χ1v) is 11.2. The minimum Gasteiger partial charge on any atom is -0.506 e. The molecule has 0 bridgehead atoms. The third-order valence-electron chi connectivity index (χ3n) is 6.17. The second kappa shape index (κ2) is 7.59. The quantitative estimate of drug-likeness (QED) is 0.314. The average molecular weight is 446 g/mol. The maximum Gasteiger partial charge on any atom is 0.219 e. The molecule has 3 aromatic heterocycles. The monoisotopic (exact) mass is 445 g/mol. The summed E-state index contributed by atoms with van der Waals surface area (Å²) in [5.74, 6) is 2.16. The minimum absolute atomic E-state index is 0.135. The molecule has 0 saturated heterocycles. The van der Waals surface area contributed by atoms with Gasteiger partial charge < -0.3 is 9.84 Å². The molecule has 3 heterocycles. The molecule has 0 fully saturated rings. The van der Waals surface area contributed by atoms with Gasteiger partial charge in [0.25, 0.3) is 0 Å². The molecule has 0 saturated carbocycles. The van der Waals surface area contributed by atoms with E-state index in [0.717, 1.165) is 44.4 Å². The number of aromatic nitrogens is 3. The van der Waals surface area contributed by atoms with Gasteiger partial charge in [0.2, 0.25) is 5.88 Å². The summed E-state index contributed by atoms with van der Waals surface area (Å²) in [4.78, 5) is 9.39. The van der Waals surface area contributed by atoms with Crippen LogP contribution in [0.3, 0.4) is 0 Å². The number of ether oxygens (including phenoxy) is 1. The lowest BCUT2D eigenvalue weighted by atomic mass is 10.1. The third kappa shape index (κ3) is 3.25. The summed E-state index contributed by atoms with van der Waals surface area (Å²) < 4.78 is 8.45. The number of benzene rings is 3. The summed E-state index contributed by atoms with van der Waals surface area (Å²) in [5, 5.41) is 13.4. The molecule has 1 N–H and O–H groups in total. The number of aromatic hydroxyl groups is 1. The molecule has 6 aromatic rings. The maximum absolute atomic E-state index is 10.2. The van der Waals surface area contributed by atoms with Crippen LogP contribution in [0.15, 0.2) is 78.9 Å². The van der Waals surface area contributed by atoms with E-state index in [1.54, 1.807) is 12.1 Å². The van der Waals surface area contributed by atoms with Crippen LogP contribution in [0.25, 0.3) is 38.5 Å². The summed E-state index contributed by atoms with van der Waals surface area (Å²) in [6.07, 6.45) is 0. The van der Waals surface area contributed by atoms with Crippen LogP contribution in [0.1, 0.15) is 16.8 Å². The maximum atomic E-state index is 10.2. The Morgan fingerprint density at radius 2 is 1.62 bits per heavy atom. The molecular formula is C29H23N3O2. The second-order valence-electron chi connectivity index (χ2n) is 8.73. The predicted molar refractivity (Wildman–Crippen MR) is 136 cm³/mol. The lowest BCUT2D eigenvalue weighted by molar-refractivity contribution is 0.457. The van der Waals surface area contributed by atoms with Crippen molar-refractivity contribution in [2.75, 3.05) is 0 Å². The third-order valence-corrected chi connectivity index (χ3v) is 6.17. The minimum atomic E-state index is 0.135. The van der Waals surface area contributed by atoms with Crippen molar-refractivity contribution < 1.29 is 9.84 Å². The standard InChI is InChI=1S/C29H23N3O2/c1-17-13-19(3)30-27(14-17)32-23-9-5-4-8-21(23)22-15-18(2)26(16-24(22)32)34-28-12-11-20-7-6-10-25(33)29(20)31-28/h4-16,33H,1-3H3. The lowest BCUT2D eigenvalue weighted by Gasteiger charge is -2.12. The van der Waals surface area contributed by atoms with Crippen molar-refractivity contribution in [3.8, 4) is 23.2 Å². The van der Waals surface area contributed by atoms with Crippen LogP contribution >= 0.6 is 0 Å². The molecule has 0 aliphatic heterocycles. The van der Waals surface area contributed by atoms with Crippen molar-refractivity contribution in [3.05, 3.63) is 95.7 Å². The number of fused-ring (bicyclic) bond motifs is 4. The summed E-state index contributed by atoms with van der Waals surface area (Å²) in [7, 11) is 0. The van der Waals surface area contributed by atoms with Crippen molar-refractivity contribution in [2.24, 2.45) is 0 Å². The molecule has 5 nitrogen and oxygen atoms in total. The molecule has 0 spiro atoms. The van der Waals surface area contributed by atoms with Gasteiger partial charge in [-0.15, -0.1) is 0 Å². The van der Waals surface area contributed by atoms with Crippen LogP contribution in [-0.2, 0) is 0 Å². The zero-order valence-corrected chi connectivity index (χ0v) is 19.2. The number of phenols is 1. The van der Waals surface area contributed by atoms with Crippen molar-refractivity contribution in [1.29, 1.82) is 0 Å². The van der Waals surface area contributed by atoms with Gasteiger partial charge in [-0.3, -0.25) is 4.57 Å². The zero-order valence-electron chi connectivity index (χ0n) is 19.2. The van der Waals surface area contributed by atoms with Gasteiger partial charge >= 0.3 is 0 Å². The van der Waals surface area contributed by atoms with Gasteiger partial charge in [0.1, 0.15) is 22.8 Å². The van der Waals surface area contributed by atoms with E-state index in [1.807, 2.05) is 32.0 Å². The largest absolute Gasteiger partial charge is 0.506 e. The van der Waals surface area contributed by atoms with E-state index < -0.39 is 0 Å². The number of pyridine rings is 2. The number of para-hydroxylation sites is 2. The Hall–Kier alpha value is -4.38. The van der Waals surface area contributed by atoms with Crippen LogP contribution in [0.5, 0.6) is 17.4 Å². The van der Waals surface area contributed by atoms with Crippen molar-refractivity contribution in [2.45, 2.75) is 20.8 Å². The van der Waals surface area contributed by atoms with Crippen LogP contribution in [0, 0.1) is 20.8 Å². The van der Waals surface area contributed by atoms with E-state index in [1.165, 1.54) is 5.39 Å². The topological polar surface area (TPSA) is 60.2 Å². The summed E-state index contributed by atoms with van der Waals surface area (Å²) in [6, 6.07) is 25.9. The normalized spacial score (nSPS) is 11.5. The van der Waals surface area contributed by atoms with E-state index in [0.29, 0.717) is 17.1 Å². The van der Waals surface area contributed by atoms with Crippen LogP contribution in [0.4, 0.5) is 0 Å². The van der Waals surface area contributed by atoms with Gasteiger partial charge in [-0.05, 0) is 68.3 Å². The molecule has 0 atom stereocenters. The highest BCUT2D eigenvalue weighted by Gasteiger charge is 2.16. The van der Waals surface area contributed by atoms with Gasteiger partial charge in [0.05, 0.1) is 11.0 Å². The van der Waals surface area contributed by atoms with Gasteiger partial charge in [0.15, 0.2) is 0 Å². The molecular weight excluding hydrogens is 422 g/mol. The van der Waals surface area contributed by atoms with E-state index in [9.17, 15) is 5.11 Å². The zero-order chi connectivity index (χ0) is 23.4. The highest BCUT2D eigenvalue weighted by molar-refractivity contribution is 6.09. The fourth-order valence-electron chi connectivity index (χ4n) is 4.68. The van der Waals surface area contributed by atoms with Crippen molar-refractivity contribution in [1.82, 2.24) is 14.5 Å². The molecule has 5 heteroatoms. The van der Waals surface area contributed by atoms with Crippen LogP contribution < -0.4 is 4.74 Å². The molecule has 0 aliphatic carbocycles. The highest BCUT2D eigenvalue weighted by Crippen LogP contribution is 2.37. The van der Waals surface area contributed by atoms with E-state index >= 15 is 0 Å². The van der Waals surface area contributed by atoms with E-state index in [-0.39, 0.29) is 5.75 Å². The molecule has 3 aromatic carbocycles. The molecule has 34 heavy (non-hydrogen) atoms. The first-order valence-electron chi connectivity index (χ1n) is 11.2. The van der Waals surface area contributed by atoms with Crippen LogP contribution in [0.2, 0.25) is 0 Å². The second-order valence-corrected chi connectivity index (χ2v) is 8.73. The van der Waals surface area contributed by atoms with Gasteiger partial charge in [-0.2, -0.15) is 0 Å². The number of hydrogen-bond acceptors (Lipinski definition) is 4. The molecule has 0 radical (unpaired) electrons. The Kier molecular flexibility index (Phi) is 4.52. The predicted octanol–water partition coefficient (Wildman–Crippen LogP) is 7.15. The fourth-order valence-corrected chi connectivity index (χ4v) is 4.68. The highest BCUT2D eigenvalue weighted by atomic mass is 16.5. The van der Waals surface area contributed by atoms with E-state index in [4.69, 9.17) is 9.72 Å². The molecule has 166 valence electrons. The number of nitrogens with zero attached hydrogens (tertiary/aromatic N) is 3. The van der Waals surface area contributed by atoms with Gasteiger partial charge in [0, 0.05) is 34.0 Å². The van der Waals surface area contributed by atoms with Crippen molar-refractivity contribution in [3.63, 3.8) is 0 Å². The first-order chi connectivity index (χ1) is 16.5. The Labute approximate surface area is 196 Å². The molecule has 0 aliphatic rings. The SMILES string of the molecule is Cc1cc(C)nc(-n2c3ccccc3c3cc(C)c(Oc4ccc5cccc(O)c5n4)cc32)c1. The number of phenolic OH excluding ortho intramolecular Hbond substituents is 1. The smallest absolute Gasteiger partial charge is 0.219 e. The van der Waals surface area contributed by atoms with Gasteiger partial charge in [-0.25, -0.2) is 9.97 Å². The van der Waals surface area contributed by atoms with Crippen molar-refractivity contribution >= 4 is 32.7 Å². The summed E-state index contributed by atoms with van der Waals surface area (Å²) >= 11 is 0. The number of rotatable bonds is 3.